The fraction of sp³-hybridized carbons (Fsp3) is 0.524. The van der Waals surface area contributed by atoms with Gasteiger partial charge in [-0.1, -0.05) is 6.07 Å². The summed E-state index contributed by atoms with van der Waals surface area (Å²) in [4.78, 5) is 15.9. The summed E-state index contributed by atoms with van der Waals surface area (Å²) in [5, 5.41) is 4.81. The molecular weight excluding hydrogens is 451 g/mol. The Morgan fingerprint density at radius 3 is 2.45 bits per heavy atom. The zero-order chi connectivity index (χ0) is 22.6. The van der Waals surface area contributed by atoms with Gasteiger partial charge in [-0.25, -0.2) is 4.79 Å². The summed E-state index contributed by atoms with van der Waals surface area (Å²) in [6, 6.07) is 4.00. The van der Waals surface area contributed by atoms with Gasteiger partial charge in [-0.2, -0.15) is 4.37 Å². The molecule has 4 rings (SSSR count). The van der Waals surface area contributed by atoms with Crippen LogP contribution in [0.1, 0.15) is 53.3 Å². The van der Waals surface area contributed by atoms with Crippen LogP contribution in [0.15, 0.2) is 22.9 Å². The number of aromatic nitrogens is 1. The molecule has 0 spiro atoms. The van der Waals surface area contributed by atoms with Gasteiger partial charge in [0.05, 0.1) is 28.0 Å². The second-order valence-electron chi connectivity index (χ2n) is 9.59. The van der Waals surface area contributed by atoms with Crippen molar-refractivity contribution in [2.45, 2.75) is 71.8 Å². The Balaban J connectivity index is 1.69. The molecule has 31 heavy (non-hydrogen) atoms. The molecule has 1 fully saturated rings. The maximum absolute atomic E-state index is 13.1. The van der Waals surface area contributed by atoms with Crippen LogP contribution in [0.4, 0.5) is 9.80 Å². The van der Waals surface area contributed by atoms with Gasteiger partial charge in [0.25, 0.3) is 0 Å². The molecule has 1 aliphatic heterocycles. The Morgan fingerprint density at radius 1 is 1.19 bits per heavy atom. The van der Waals surface area contributed by atoms with E-state index in [-0.39, 0.29) is 6.09 Å². The van der Waals surface area contributed by atoms with Crippen molar-refractivity contribution < 1.29 is 18.8 Å². The van der Waals surface area contributed by atoms with Gasteiger partial charge in [0.1, 0.15) is 10.6 Å². The maximum atomic E-state index is 13.1. The molecule has 0 aromatic carbocycles. The monoisotopic (exact) mass is 478 g/mol. The second kappa shape index (κ2) is 7.84. The van der Waals surface area contributed by atoms with E-state index in [1.165, 1.54) is 11.5 Å². The minimum atomic E-state index is -0.585. The molecule has 1 aliphatic rings. The molecule has 4 heterocycles. The summed E-state index contributed by atoms with van der Waals surface area (Å²) < 4.78 is 23.8. The van der Waals surface area contributed by atoms with Crippen molar-refractivity contribution in [3.8, 4) is 0 Å². The lowest BCUT2D eigenvalue weighted by molar-refractivity contribution is 0.00578. The molecule has 1 saturated heterocycles. The zero-order valence-electron chi connectivity index (χ0n) is 18.8. The Hall–Kier alpha value is -1.46. The number of carbonyl (C=O) groups is 1. The minimum Gasteiger partial charge on any atom is -0.443 e. The van der Waals surface area contributed by atoms with Gasteiger partial charge in [0.2, 0.25) is 0 Å². The highest BCUT2D eigenvalue weighted by molar-refractivity contribution is 7.24. The number of anilines is 1. The molecule has 6 nitrogen and oxygen atoms in total. The van der Waals surface area contributed by atoms with Crippen LogP contribution in [0.5, 0.6) is 0 Å². The van der Waals surface area contributed by atoms with Crippen molar-refractivity contribution >= 4 is 68.1 Å². The third-order valence-electron chi connectivity index (χ3n) is 5.47. The summed E-state index contributed by atoms with van der Waals surface area (Å²) >= 11 is 4.47. The largest absolute Gasteiger partial charge is 0.497 e. The Bertz CT molecular complexity index is 1070. The Labute approximate surface area is 195 Å². The molecule has 0 radical (unpaired) electrons. The standard InChI is InChI=1S/C21H27BN2O4S3/c1-19(2,3)26-18(25)24(11-13-9-8-10-29-13)17-16-15(23-31-17)14(12-30-16)22-27-20(4,5)21(6,7)28-22/h8-10,12H,11H2,1-7H3. The van der Waals surface area contributed by atoms with E-state index in [0.29, 0.717) is 6.54 Å². The molecule has 1 amide bonds. The number of hydrogen-bond donors (Lipinski definition) is 0. The van der Waals surface area contributed by atoms with E-state index in [1.807, 2.05) is 71.4 Å². The van der Waals surface area contributed by atoms with Crippen LogP contribution in [-0.2, 0) is 20.6 Å². The van der Waals surface area contributed by atoms with Gasteiger partial charge in [-0.05, 0) is 76.8 Å². The minimum absolute atomic E-state index is 0.378. The van der Waals surface area contributed by atoms with Crippen molar-refractivity contribution in [2.75, 3.05) is 4.90 Å². The van der Waals surface area contributed by atoms with Crippen LogP contribution in [0.25, 0.3) is 10.2 Å². The van der Waals surface area contributed by atoms with Gasteiger partial charge in [0, 0.05) is 10.3 Å². The number of rotatable bonds is 4. The molecule has 0 aliphatic carbocycles. The quantitative estimate of drug-likeness (QED) is 0.453. The average Bonchev–Trinajstić information content (AvgIpc) is 3.37. The van der Waals surface area contributed by atoms with Crippen LogP contribution in [0.3, 0.4) is 0 Å². The number of hydrogen-bond acceptors (Lipinski definition) is 8. The van der Waals surface area contributed by atoms with Gasteiger partial charge < -0.3 is 14.0 Å². The molecule has 166 valence electrons. The van der Waals surface area contributed by atoms with Crippen molar-refractivity contribution in [2.24, 2.45) is 0 Å². The summed E-state index contributed by atoms with van der Waals surface area (Å²) in [5.41, 5.74) is 0.293. The van der Waals surface area contributed by atoms with Gasteiger partial charge in [0.15, 0.2) is 0 Å². The van der Waals surface area contributed by atoms with Crippen LogP contribution >= 0.6 is 34.2 Å². The van der Waals surface area contributed by atoms with Crippen molar-refractivity contribution in [3.05, 3.63) is 27.8 Å². The van der Waals surface area contributed by atoms with Gasteiger partial charge in [-0.3, -0.25) is 4.90 Å². The fourth-order valence-corrected chi connectivity index (χ4v) is 5.90. The molecule has 0 atom stereocenters. The maximum Gasteiger partial charge on any atom is 0.497 e. The van der Waals surface area contributed by atoms with Crippen LogP contribution in [-0.4, -0.2) is 34.4 Å². The van der Waals surface area contributed by atoms with Crippen molar-refractivity contribution in [1.29, 1.82) is 0 Å². The van der Waals surface area contributed by atoms with Crippen molar-refractivity contribution in [1.82, 2.24) is 4.37 Å². The van der Waals surface area contributed by atoms with E-state index in [9.17, 15) is 4.79 Å². The van der Waals surface area contributed by atoms with E-state index < -0.39 is 23.9 Å². The van der Waals surface area contributed by atoms with E-state index >= 15 is 0 Å². The van der Waals surface area contributed by atoms with E-state index in [0.717, 1.165) is 25.6 Å². The van der Waals surface area contributed by atoms with Gasteiger partial charge >= 0.3 is 13.2 Å². The summed E-state index contributed by atoms with van der Waals surface area (Å²) in [6.45, 7) is 14.2. The first-order chi connectivity index (χ1) is 14.4. The molecular formula is C21H27BN2O4S3. The number of amides is 1. The number of ether oxygens (including phenoxy) is 1. The predicted octanol–water partition coefficient (Wildman–Crippen LogP) is 5.66. The smallest absolute Gasteiger partial charge is 0.443 e. The number of thiophene rings is 2. The third kappa shape index (κ3) is 4.41. The molecule has 10 heteroatoms. The fourth-order valence-electron chi connectivity index (χ4n) is 3.15. The molecule has 0 unspecified atom stereocenters. The molecule has 0 N–H and O–H groups in total. The van der Waals surface area contributed by atoms with Crippen LogP contribution in [0.2, 0.25) is 0 Å². The highest BCUT2D eigenvalue weighted by atomic mass is 32.1. The zero-order valence-corrected chi connectivity index (χ0v) is 21.3. The number of nitrogens with zero attached hydrogens (tertiary/aromatic N) is 2. The molecule has 3 aromatic heterocycles. The first-order valence-electron chi connectivity index (χ1n) is 10.1. The highest BCUT2D eigenvalue weighted by Crippen LogP contribution is 2.40. The Kier molecular flexibility index (Phi) is 5.75. The number of fused-ring (bicyclic) bond motifs is 1. The first kappa shape index (κ1) is 22.7. The first-order valence-corrected chi connectivity index (χ1v) is 12.7. The topological polar surface area (TPSA) is 60.9 Å². The average molecular weight is 478 g/mol. The van der Waals surface area contributed by atoms with E-state index in [2.05, 4.69) is 0 Å². The summed E-state index contributed by atoms with van der Waals surface area (Å²) in [5.74, 6) is 0. The second-order valence-corrected chi connectivity index (χ2v) is 12.3. The van der Waals surface area contributed by atoms with Gasteiger partial charge in [-0.15, -0.1) is 22.7 Å². The normalized spacial score (nSPS) is 18.0. The van der Waals surface area contributed by atoms with E-state index in [1.54, 1.807) is 27.6 Å². The predicted molar refractivity (Wildman–Crippen MR) is 130 cm³/mol. The van der Waals surface area contributed by atoms with Crippen molar-refractivity contribution in [3.63, 3.8) is 0 Å². The third-order valence-corrected chi connectivity index (χ3v) is 8.33. The molecule has 0 saturated carbocycles. The SMILES string of the molecule is CC(C)(C)OC(=O)N(Cc1cccs1)c1snc2c(B3OC(C)(C)C(C)(C)O3)csc12. The highest BCUT2D eigenvalue weighted by Gasteiger charge is 2.52. The summed E-state index contributed by atoms with van der Waals surface area (Å²) in [7, 11) is -0.485. The summed E-state index contributed by atoms with van der Waals surface area (Å²) in [6.07, 6.45) is -0.378. The van der Waals surface area contributed by atoms with E-state index in [4.69, 9.17) is 18.4 Å². The molecule has 0 bridgehead atoms. The molecule has 3 aromatic rings. The lowest BCUT2D eigenvalue weighted by Crippen LogP contribution is -2.41. The van der Waals surface area contributed by atoms with Crippen LogP contribution in [0, 0.1) is 0 Å². The van der Waals surface area contributed by atoms with Crippen LogP contribution < -0.4 is 10.4 Å². The lowest BCUT2D eigenvalue weighted by Gasteiger charge is -2.32. The Morgan fingerprint density at radius 2 is 1.87 bits per heavy atom. The number of carbonyl (C=O) groups excluding carboxylic acids is 1. The lowest BCUT2D eigenvalue weighted by atomic mass is 9.80.